The van der Waals surface area contributed by atoms with Gasteiger partial charge < -0.3 is 9.32 Å². The van der Waals surface area contributed by atoms with Crippen molar-refractivity contribution in [3.05, 3.63) is 224 Å². The second-order valence-electron chi connectivity index (χ2n) is 14.1. The van der Waals surface area contributed by atoms with Crippen LogP contribution in [0.3, 0.4) is 0 Å². The average Bonchev–Trinajstić information content (AvgIpc) is 3.67. The van der Waals surface area contributed by atoms with Gasteiger partial charge >= 0.3 is 0 Å². The molecule has 2 nitrogen and oxygen atoms in total. The lowest BCUT2D eigenvalue weighted by Gasteiger charge is -2.35. The van der Waals surface area contributed by atoms with Crippen molar-refractivity contribution in [2.24, 2.45) is 0 Å². The summed E-state index contributed by atoms with van der Waals surface area (Å²) in [7, 11) is -2.70. The van der Waals surface area contributed by atoms with Crippen LogP contribution >= 0.6 is 0 Å². The van der Waals surface area contributed by atoms with Crippen LogP contribution in [0.15, 0.2) is 229 Å². The van der Waals surface area contributed by atoms with Crippen molar-refractivity contribution in [1.29, 1.82) is 0 Å². The van der Waals surface area contributed by atoms with E-state index in [0.717, 1.165) is 49.8 Å². The molecule has 0 radical (unpaired) electrons. The molecule has 0 amide bonds. The number of furan rings is 1. The third-order valence-electron chi connectivity index (χ3n) is 11.0. The number of hydrogen-bond donors (Lipinski definition) is 0. The molecule has 260 valence electrons. The van der Waals surface area contributed by atoms with Crippen molar-refractivity contribution in [1.82, 2.24) is 0 Å². The molecule has 0 fully saturated rings. The predicted octanol–water partition coefficient (Wildman–Crippen LogP) is 11.3. The Morgan fingerprint density at radius 3 is 1.38 bits per heavy atom. The Kier molecular flexibility index (Phi) is 8.20. The third kappa shape index (κ3) is 5.56. The zero-order valence-corrected chi connectivity index (χ0v) is 31.2. The van der Waals surface area contributed by atoms with Gasteiger partial charge in [-0.3, -0.25) is 0 Å². The SMILES string of the molecule is c1ccc(-c2ccc(N(c3ccc([Si](c4ccccc4)(c4ccccc4)c4ccccc4)cc3)c3cc4ccccc4c4oc5ccccc5c34)cc2)cc1. The summed E-state index contributed by atoms with van der Waals surface area (Å²) in [5.74, 6) is 0. The first kappa shape index (κ1) is 32.7. The van der Waals surface area contributed by atoms with Gasteiger partial charge in [0.25, 0.3) is 0 Å². The molecule has 0 aliphatic carbocycles. The predicted molar refractivity (Wildman–Crippen MR) is 235 cm³/mol. The average molecular weight is 720 g/mol. The third-order valence-corrected chi connectivity index (χ3v) is 15.8. The fraction of sp³-hybridized carbons (Fsp3) is 0. The zero-order chi connectivity index (χ0) is 36.6. The highest BCUT2D eigenvalue weighted by atomic mass is 28.3. The van der Waals surface area contributed by atoms with Gasteiger partial charge in [-0.25, -0.2) is 0 Å². The van der Waals surface area contributed by atoms with Crippen LogP contribution in [0, 0.1) is 0 Å². The van der Waals surface area contributed by atoms with E-state index in [0.29, 0.717) is 0 Å². The van der Waals surface area contributed by atoms with Crippen molar-refractivity contribution in [2.45, 2.75) is 0 Å². The van der Waals surface area contributed by atoms with Gasteiger partial charge in [-0.15, -0.1) is 0 Å². The molecular formula is C52H37NOSi. The second-order valence-corrected chi connectivity index (χ2v) is 17.9. The Balaban J connectivity index is 1.22. The van der Waals surface area contributed by atoms with E-state index >= 15 is 0 Å². The van der Waals surface area contributed by atoms with E-state index in [1.54, 1.807) is 0 Å². The molecule has 0 atom stereocenters. The molecular weight excluding hydrogens is 683 g/mol. The Bertz CT molecular complexity index is 2790. The second kappa shape index (κ2) is 13.8. The molecule has 0 spiro atoms. The minimum Gasteiger partial charge on any atom is -0.455 e. The summed E-state index contributed by atoms with van der Waals surface area (Å²) >= 11 is 0. The van der Waals surface area contributed by atoms with Crippen LogP contribution < -0.4 is 25.6 Å². The first-order valence-electron chi connectivity index (χ1n) is 18.8. The van der Waals surface area contributed by atoms with Crippen LogP contribution in [-0.4, -0.2) is 8.07 Å². The molecule has 10 rings (SSSR count). The fourth-order valence-electron chi connectivity index (χ4n) is 8.50. The van der Waals surface area contributed by atoms with Gasteiger partial charge in [0, 0.05) is 22.1 Å². The molecule has 0 saturated heterocycles. The molecule has 10 aromatic rings. The maximum atomic E-state index is 6.69. The van der Waals surface area contributed by atoms with Crippen LogP contribution in [0.25, 0.3) is 43.8 Å². The molecule has 0 N–H and O–H groups in total. The fourth-order valence-corrected chi connectivity index (χ4v) is 13.2. The van der Waals surface area contributed by atoms with E-state index in [1.807, 2.05) is 6.07 Å². The summed E-state index contributed by atoms with van der Waals surface area (Å²) in [4.78, 5) is 2.41. The Morgan fingerprint density at radius 1 is 0.364 bits per heavy atom. The number of fused-ring (bicyclic) bond motifs is 5. The minimum atomic E-state index is -2.70. The number of hydrogen-bond acceptors (Lipinski definition) is 2. The Labute approximate surface area is 322 Å². The number of rotatable bonds is 8. The van der Waals surface area contributed by atoms with E-state index in [1.165, 1.54) is 31.9 Å². The highest BCUT2D eigenvalue weighted by molar-refractivity contribution is 7.19. The van der Waals surface area contributed by atoms with Gasteiger partial charge in [0.15, 0.2) is 8.07 Å². The van der Waals surface area contributed by atoms with Gasteiger partial charge in [-0.1, -0.05) is 188 Å². The van der Waals surface area contributed by atoms with Gasteiger partial charge in [0.05, 0.1) is 11.1 Å². The first-order valence-corrected chi connectivity index (χ1v) is 20.8. The number of para-hydroxylation sites is 1. The molecule has 9 aromatic carbocycles. The lowest BCUT2D eigenvalue weighted by atomic mass is 10.0. The van der Waals surface area contributed by atoms with Gasteiger partial charge in [0.1, 0.15) is 11.2 Å². The molecule has 1 aromatic heterocycles. The van der Waals surface area contributed by atoms with Crippen LogP contribution in [0.4, 0.5) is 17.1 Å². The summed E-state index contributed by atoms with van der Waals surface area (Å²) in [6.07, 6.45) is 0. The van der Waals surface area contributed by atoms with Crippen molar-refractivity contribution in [3.63, 3.8) is 0 Å². The van der Waals surface area contributed by atoms with Crippen LogP contribution in [-0.2, 0) is 0 Å². The molecule has 55 heavy (non-hydrogen) atoms. The quantitative estimate of drug-likeness (QED) is 0.115. The topological polar surface area (TPSA) is 16.4 Å². The van der Waals surface area contributed by atoms with Gasteiger partial charge in [-0.2, -0.15) is 0 Å². The monoisotopic (exact) mass is 719 g/mol. The maximum absolute atomic E-state index is 6.69. The Hall–Kier alpha value is -6.94. The molecule has 0 saturated carbocycles. The molecule has 0 unspecified atom stereocenters. The van der Waals surface area contributed by atoms with Crippen molar-refractivity contribution >= 4 is 78.6 Å². The van der Waals surface area contributed by atoms with Crippen molar-refractivity contribution < 1.29 is 4.42 Å². The number of benzene rings is 9. The summed E-state index contributed by atoms with van der Waals surface area (Å²) in [5.41, 5.74) is 7.40. The summed E-state index contributed by atoms with van der Waals surface area (Å²) in [5, 5.41) is 9.85. The maximum Gasteiger partial charge on any atom is 0.179 e. The van der Waals surface area contributed by atoms with Crippen molar-refractivity contribution in [2.75, 3.05) is 4.90 Å². The molecule has 0 aliphatic rings. The molecule has 0 aliphatic heterocycles. The number of anilines is 3. The first-order chi connectivity index (χ1) is 27.3. The highest BCUT2D eigenvalue weighted by Crippen LogP contribution is 2.46. The van der Waals surface area contributed by atoms with Gasteiger partial charge in [-0.05, 0) is 73.7 Å². The smallest absolute Gasteiger partial charge is 0.179 e. The van der Waals surface area contributed by atoms with Gasteiger partial charge in [0.2, 0.25) is 0 Å². The number of nitrogens with zero attached hydrogens (tertiary/aromatic N) is 1. The standard InChI is InChI=1S/C52H37NOSi/c1-5-17-38(18-6-1)39-29-31-41(32-30-39)53(49-37-40-19-13-14-26-47(40)52-51(49)48-27-15-16-28-50(48)54-52)42-33-35-46(36-34-42)55(43-20-7-2-8-21-43,44-22-9-3-10-23-44)45-24-11-4-12-25-45/h1-37H. The summed E-state index contributed by atoms with van der Waals surface area (Å²) < 4.78 is 6.69. The van der Waals surface area contributed by atoms with E-state index in [-0.39, 0.29) is 0 Å². The summed E-state index contributed by atoms with van der Waals surface area (Å²) in [6.45, 7) is 0. The van der Waals surface area contributed by atoms with E-state index in [2.05, 4.69) is 223 Å². The van der Waals surface area contributed by atoms with E-state index < -0.39 is 8.07 Å². The van der Waals surface area contributed by atoms with Crippen LogP contribution in [0.1, 0.15) is 0 Å². The largest absolute Gasteiger partial charge is 0.455 e. The minimum absolute atomic E-state index is 0.884. The Morgan fingerprint density at radius 2 is 0.800 bits per heavy atom. The van der Waals surface area contributed by atoms with E-state index in [9.17, 15) is 0 Å². The lowest BCUT2D eigenvalue weighted by molar-refractivity contribution is 0.672. The zero-order valence-electron chi connectivity index (χ0n) is 30.2. The lowest BCUT2D eigenvalue weighted by Crippen LogP contribution is -2.74. The van der Waals surface area contributed by atoms with Crippen LogP contribution in [0.2, 0.25) is 0 Å². The summed E-state index contributed by atoms with van der Waals surface area (Å²) in [6, 6.07) is 81.5. The van der Waals surface area contributed by atoms with Crippen LogP contribution in [0.5, 0.6) is 0 Å². The molecule has 1 heterocycles. The molecule has 0 bridgehead atoms. The highest BCUT2D eigenvalue weighted by Gasteiger charge is 2.41. The van der Waals surface area contributed by atoms with Crippen molar-refractivity contribution in [3.8, 4) is 11.1 Å². The normalized spacial score (nSPS) is 11.6. The van der Waals surface area contributed by atoms with E-state index in [4.69, 9.17) is 4.42 Å². The molecule has 3 heteroatoms.